The molecule has 0 spiro atoms. The Bertz CT molecular complexity index is 1010. The van der Waals surface area contributed by atoms with Crippen LogP contribution in [0.4, 0.5) is 4.39 Å². The van der Waals surface area contributed by atoms with Gasteiger partial charge in [-0.15, -0.1) is 0 Å². The Kier molecular flexibility index (Phi) is 4.63. The lowest BCUT2D eigenvalue weighted by molar-refractivity contribution is -0.150. The minimum absolute atomic E-state index is 0.149. The predicted octanol–water partition coefficient (Wildman–Crippen LogP) is 3.19. The van der Waals surface area contributed by atoms with E-state index in [0.29, 0.717) is 22.1 Å². The summed E-state index contributed by atoms with van der Waals surface area (Å²) in [5.41, 5.74) is 1.33. The highest BCUT2D eigenvalue weighted by Gasteiger charge is 2.48. The van der Waals surface area contributed by atoms with Gasteiger partial charge < -0.3 is 10.1 Å². The lowest BCUT2D eigenvalue weighted by Crippen LogP contribution is -2.58. The second-order valence-electron chi connectivity index (χ2n) is 8.10. The Morgan fingerprint density at radius 3 is 2.79 bits per heavy atom. The molecule has 2 bridgehead atoms. The van der Waals surface area contributed by atoms with Gasteiger partial charge in [-0.1, -0.05) is 11.6 Å². The van der Waals surface area contributed by atoms with Gasteiger partial charge >= 0.3 is 5.97 Å². The highest BCUT2D eigenvalue weighted by Crippen LogP contribution is 2.45. The van der Waals surface area contributed by atoms with E-state index in [1.807, 2.05) is 0 Å². The van der Waals surface area contributed by atoms with Crippen molar-refractivity contribution in [3.63, 3.8) is 0 Å². The fourth-order valence-corrected chi connectivity index (χ4v) is 5.29. The first-order chi connectivity index (χ1) is 14.0. The summed E-state index contributed by atoms with van der Waals surface area (Å²) in [7, 11) is 0. The number of carbonyl (C=O) groups is 1. The highest BCUT2D eigenvalue weighted by atomic mass is 35.5. The Morgan fingerprint density at radius 1 is 1.28 bits per heavy atom. The number of halogens is 2. The molecular weight excluding hydrogens is 397 g/mol. The number of aliphatic imine (C=N–C) groups is 2. The monoisotopic (exact) mass is 417 g/mol. The summed E-state index contributed by atoms with van der Waals surface area (Å²) < 4.78 is 14.7. The van der Waals surface area contributed by atoms with Crippen LogP contribution in [0.25, 0.3) is 11.0 Å². The zero-order chi connectivity index (χ0) is 20.1. The summed E-state index contributed by atoms with van der Waals surface area (Å²) in [6, 6.07) is 1.48. The van der Waals surface area contributed by atoms with Crippen LogP contribution in [0.15, 0.2) is 28.4 Å². The van der Waals surface area contributed by atoms with Crippen LogP contribution in [-0.4, -0.2) is 51.5 Å². The van der Waals surface area contributed by atoms with Gasteiger partial charge in [0.1, 0.15) is 11.8 Å². The Hall–Kier alpha value is -2.32. The lowest BCUT2D eigenvalue weighted by Gasteiger charge is -2.48. The number of amidine groups is 1. The van der Waals surface area contributed by atoms with Crippen LogP contribution in [0.2, 0.25) is 5.02 Å². The van der Waals surface area contributed by atoms with E-state index >= 15 is 0 Å². The number of aromatic nitrogens is 2. The molecule has 6 rings (SSSR count). The highest BCUT2D eigenvalue weighted by molar-refractivity contribution is 6.31. The van der Waals surface area contributed by atoms with E-state index in [9.17, 15) is 14.3 Å². The van der Waals surface area contributed by atoms with Crippen molar-refractivity contribution in [3.8, 4) is 0 Å². The van der Waals surface area contributed by atoms with Gasteiger partial charge in [0, 0.05) is 35.6 Å². The Morgan fingerprint density at radius 2 is 2.03 bits per heavy atom. The Labute approximate surface area is 171 Å². The fraction of sp³-hybridized carbons (Fsp3) is 0.500. The first kappa shape index (κ1) is 18.7. The van der Waals surface area contributed by atoms with E-state index in [1.54, 1.807) is 18.5 Å². The van der Waals surface area contributed by atoms with E-state index in [0.717, 1.165) is 31.1 Å². The average Bonchev–Trinajstić information content (AvgIpc) is 3.13. The van der Waals surface area contributed by atoms with Crippen molar-refractivity contribution in [3.05, 3.63) is 29.0 Å². The van der Waals surface area contributed by atoms with Crippen LogP contribution in [-0.2, 0) is 4.79 Å². The number of H-pyrrole nitrogens is 1. The molecule has 1 aliphatic heterocycles. The summed E-state index contributed by atoms with van der Waals surface area (Å²) in [5, 5.41) is 14.2. The SMILES string of the molecule is O=C(O)C1C2CCC(CC2)C1NC1N=C(c2c[nH]c3ncc(Cl)cc23)N=CC1F. The van der Waals surface area contributed by atoms with Crippen molar-refractivity contribution >= 4 is 40.7 Å². The van der Waals surface area contributed by atoms with Crippen molar-refractivity contribution in [1.82, 2.24) is 15.3 Å². The maximum atomic E-state index is 14.7. The molecule has 2 aromatic heterocycles. The summed E-state index contributed by atoms with van der Waals surface area (Å²) in [5.74, 6) is -0.543. The minimum Gasteiger partial charge on any atom is -0.481 e. The van der Waals surface area contributed by atoms with Crippen molar-refractivity contribution in [2.75, 3.05) is 0 Å². The second-order valence-corrected chi connectivity index (χ2v) is 8.54. The smallest absolute Gasteiger partial charge is 0.308 e. The van der Waals surface area contributed by atoms with E-state index in [2.05, 4.69) is 25.3 Å². The first-order valence-electron chi connectivity index (χ1n) is 9.89. The molecule has 4 atom stereocenters. The molecule has 29 heavy (non-hydrogen) atoms. The second kappa shape index (κ2) is 7.18. The molecule has 3 saturated carbocycles. The number of carboxylic acids is 1. The van der Waals surface area contributed by atoms with Gasteiger partial charge in [-0.2, -0.15) is 0 Å². The zero-order valence-electron chi connectivity index (χ0n) is 15.6. The fourth-order valence-electron chi connectivity index (χ4n) is 5.13. The third kappa shape index (κ3) is 3.24. The largest absolute Gasteiger partial charge is 0.481 e. The standard InChI is InChI=1S/C20H21ClFN5O2/c21-11-5-12-13(7-24-17(12)23-6-11)18-25-8-14(22)19(27-18)26-16-10-3-1-9(2-4-10)15(16)20(28)29/h5-10,14-16,19,26H,1-4H2,(H,23,24)(H,28,29). The van der Waals surface area contributed by atoms with Crippen molar-refractivity contribution < 1.29 is 14.3 Å². The van der Waals surface area contributed by atoms with E-state index in [-0.39, 0.29) is 17.9 Å². The number of nitrogens with one attached hydrogen (secondary N) is 2. The molecule has 3 heterocycles. The summed E-state index contributed by atoms with van der Waals surface area (Å²) in [6.45, 7) is 0. The van der Waals surface area contributed by atoms with Crippen molar-refractivity contribution in [2.45, 2.75) is 44.1 Å². The first-order valence-corrected chi connectivity index (χ1v) is 10.3. The van der Waals surface area contributed by atoms with Crippen LogP contribution in [0, 0.1) is 17.8 Å². The van der Waals surface area contributed by atoms with Gasteiger partial charge in [-0.25, -0.2) is 19.4 Å². The lowest BCUT2D eigenvalue weighted by atomic mass is 9.61. The summed E-state index contributed by atoms with van der Waals surface area (Å²) in [6.07, 6.45) is 6.04. The van der Waals surface area contributed by atoms with Crippen LogP contribution in [0.5, 0.6) is 0 Å². The number of fused-ring (bicyclic) bond motifs is 4. The van der Waals surface area contributed by atoms with Gasteiger partial charge in [-0.05, 0) is 43.6 Å². The van der Waals surface area contributed by atoms with Gasteiger partial charge in [0.15, 0.2) is 12.0 Å². The van der Waals surface area contributed by atoms with E-state index < -0.39 is 24.2 Å². The van der Waals surface area contributed by atoms with Crippen LogP contribution in [0.3, 0.4) is 0 Å². The van der Waals surface area contributed by atoms with Crippen LogP contribution < -0.4 is 5.32 Å². The molecule has 3 fully saturated rings. The molecule has 2 aromatic rings. The van der Waals surface area contributed by atoms with Gasteiger partial charge in [0.05, 0.1) is 10.9 Å². The quantitative estimate of drug-likeness (QED) is 0.710. The normalized spacial score (nSPS) is 33.8. The Balaban J connectivity index is 1.45. The maximum Gasteiger partial charge on any atom is 0.308 e. The molecule has 0 aromatic carbocycles. The maximum absolute atomic E-state index is 14.7. The van der Waals surface area contributed by atoms with Gasteiger partial charge in [-0.3, -0.25) is 10.1 Å². The van der Waals surface area contributed by atoms with Gasteiger partial charge in [0.2, 0.25) is 0 Å². The number of carboxylic acid groups (broad SMARTS) is 1. The molecule has 152 valence electrons. The minimum atomic E-state index is -1.42. The number of hydrogen-bond donors (Lipinski definition) is 3. The number of nitrogens with zero attached hydrogens (tertiary/aromatic N) is 3. The summed E-state index contributed by atoms with van der Waals surface area (Å²) >= 11 is 6.07. The molecular formula is C20H21ClFN5O2. The number of aromatic amines is 1. The van der Waals surface area contributed by atoms with Crippen LogP contribution in [0.1, 0.15) is 31.2 Å². The van der Waals surface area contributed by atoms with Crippen molar-refractivity contribution in [1.29, 1.82) is 0 Å². The zero-order valence-corrected chi connectivity index (χ0v) is 16.3. The molecule has 0 amide bonds. The number of pyridine rings is 1. The van der Waals surface area contributed by atoms with Crippen molar-refractivity contribution in [2.24, 2.45) is 27.7 Å². The molecule has 0 radical (unpaired) electrons. The topological polar surface area (TPSA) is 103 Å². The number of hydrogen-bond acceptors (Lipinski definition) is 5. The third-order valence-corrected chi connectivity index (χ3v) is 6.72. The molecule has 4 aliphatic rings. The molecule has 3 N–H and O–H groups in total. The van der Waals surface area contributed by atoms with E-state index in [1.165, 1.54) is 6.21 Å². The predicted molar refractivity (Wildman–Crippen MR) is 108 cm³/mol. The molecule has 3 aliphatic carbocycles. The van der Waals surface area contributed by atoms with E-state index in [4.69, 9.17) is 11.6 Å². The van der Waals surface area contributed by atoms with Crippen LogP contribution >= 0.6 is 11.6 Å². The number of rotatable bonds is 4. The third-order valence-electron chi connectivity index (χ3n) is 6.51. The molecule has 4 unspecified atom stereocenters. The average molecular weight is 418 g/mol. The number of aliphatic carboxylic acids is 1. The molecule has 7 nitrogen and oxygen atoms in total. The number of alkyl halides is 1. The van der Waals surface area contributed by atoms with Gasteiger partial charge in [0.25, 0.3) is 0 Å². The molecule has 0 saturated heterocycles. The molecule has 9 heteroatoms. The summed E-state index contributed by atoms with van der Waals surface area (Å²) in [4.78, 5) is 27.9.